The van der Waals surface area contributed by atoms with E-state index in [2.05, 4.69) is 45.0 Å². The van der Waals surface area contributed by atoms with Crippen LogP contribution in [0.1, 0.15) is 151 Å². The number of phenols is 4. The Morgan fingerprint density at radius 1 is 0.628 bits per heavy atom. The summed E-state index contributed by atoms with van der Waals surface area (Å²) in [4.78, 5) is 93.5. The van der Waals surface area contributed by atoms with Crippen LogP contribution in [-0.4, -0.2) is 178 Å². The van der Waals surface area contributed by atoms with E-state index in [1.807, 2.05) is 4.93 Å². The van der Waals surface area contributed by atoms with Gasteiger partial charge in [0.1, 0.15) is 64.7 Å². The highest BCUT2D eigenvalue weighted by Crippen LogP contribution is 2.55. The van der Waals surface area contributed by atoms with Gasteiger partial charge in [-0.2, -0.15) is 0 Å². The molecule has 0 amide bonds. The molecule has 2 saturated heterocycles. The van der Waals surface area contributed by atoms with E-state index in [4.69, 9.17) is 34.2 Å². The number of aromatic hydroxyl groups is 4. The van der Waals surface area contributed by atoms with Crippen molar-refractivity contribution in [3.05, 3.63) is 103 Å². The quantitative estimate of drug-likeness (QED) is 0.0477. The molecule has 0 saturated carbocycles. The Bertz CT molecular complexity index is 3350. The first-order valence-electron chi connectivity index (χ1n) is 26.5. The number of nitrogens with two attached hydrogens (primary N) is 1. The lowest BCUT2D eigenvalue weighted by molar-refractivity contribution is -0.257. The maximum Gasteiger partial charge on any atom is 0.202 e. The topological polar surface area (TPSA) is 403 Å². The summed E-state index contributed by atoms with van der Waals surface area (Å²) in [6.45, 7) is 2.49. The molecule has 0 spiro atoms. The van der Waals surface area contributed by atoms with Crippen molar-refractivity contribution in [1.29, 1.82) is 0 Å². The number of fused-ring (bicyclic) bond motifs is 6. The fraction of sp³-hybridized carbons (Fsp3) is 0.466. The van der Waals surface area contributed by atoms with Crippen LogP contribution < -0.4 is 15.2 Å². The number of carbonyl (C=O) groups excluding carboxylic acids is 7. The van der Waals surface area contributed by atoms with Crippen molar-refractivity contribution in [1.82, 2.24) is 0 Å². The summed E-state index contributed by atoms with van der Waals surface area (Å²) in [6.07, 6.45) is -10.3. The second kappa shape index (κ2) is 27.8. The van der Waals surface area contributed by atoms with Crippen LogP contribution >= 0.6 is 35.0 Å². The van der Waals surface area contributed by atoms with Crippen molar-refractivity contribution >= 4 is 97.9 Å². The Balaban J connectivity index is 0.000000258. The number of ketones is 7. The lowest BCUT2D eigenvalue weighted by atomic mass is 9.72. The summed E-state index contributed by atoms with van der Waals surface area (Å²) in [5, 5.41) is 108. The lowest BCUT2D eigenvalue weighted by Gasteiger charge is -2.42. The van der Waals surface area contributed by atoms with Crippen LogP contribution in [-0.2, 0) is 68.5 Å². The Kier molecular flexibility index (Phi) is 22.5. The largest absolute Gasteiger partial charge is 0.507 e. The third-order valence-electron chi connectivity index (χ3n) is 16.2. The van der Waals surface area contributed by atoms with Gasteiger partial charge in [-0.25, -0.2) is 0 Å². The second-order valence-electron chi connectivity index (χ2n) is 21.3. The molecule has 0 aromatic heterocycles. The number of hydrogen-bond acceptors (Lipinski definition) is 26. The molecule has 2 fully saturated rings. The van der Waals surface area contributed by atoms with Gasteiger partial charge in [0.15, 0.2) is 35.7 Å². The minimum atomic E-state index is -2.27. The molecule has 4 aromatic carbocycles. The van der Waals surface area contributed by atoms with Gasteiger partial charge in [0.05, 0.1) is 84.2 Å². The highest BCUT2D eigenvalue weighted by atomic mass is 127. The number of hydrogen-bond donors (Lipinski definition) is 11. The molecule has 4 aliphatic carbocycles. The van der Waals surface area contributed by atoms with Crippen LogP contribution in [0.15, 0.2) is 36.4 Å². The molecule has 28 heteroatoms. The first kappa shape index (κ1) is 69.5. The van der Waals surface area contributed by atoms with E-state index in [1.54, 1.807) is 13.8 Å². The molecule has 24 nitrogen and oxygen atoms in total. The van der Waals surface area contributed by atoms with Crippen LogP contribution in [0.2, 0.25) is 0 Å². The number of Topliss-reactive ketones (excluding diaryl/α,β-unsaturated/α-hetero) is 3. The fourth-order valence-electron chi connectivity index (χ4n) is 12.1. The maximum atomic E-state index is 13.7. The zero-order chi connectivity index (χ0) is 63.1. The van der Waals surface area contributed by atoms with Gasteiger partial charge in [0.25, 0.3) is 0 Å². The van der Waals surface area contributed by atoms with E-state index >= 15 is 0 Å². The van der Waals surface area contributed by atoms with Gasteiger partial charge >= 0.3 is 0 Å². The molecule has 86 heavy (non-hydrogen) atoms. The van der Waals surface area contributed by atoms with Gasteiger partial charge in [-0.05, 0) is 43.8 Å². The zero-order valence-electron chi connectivity index (χ0n) is 47.1. The van der Waals surface area contributed by atoms with Gasteiger partial charge in [0, 0.05) is 107 Å². The standard InChI is InChI=1S/C30H32O12.C27H29NO11.CH3I.ClH.S2/c1-12(32)7-14-8-20(41-13(2)25(14)34)42-18-10-30(39,19(33)11-31)9-16-22(18)29(38)24-23(27(16)36)26(35)15-5-4-6-17(40-3)21(15)28(24)37;1-10-22(31)13(28)6-17(38-10)39-15-8-27(36,16(30)9-29)7-12-19(15)26(35)21-20(24(12)33)23(32)11-4-3-5-14(37-2)18(11)25(21)34;1-2;;1-2/h4-6,13-14,18,20,25,31,34,36,38-39H,7-11H2,1-3H3;3-5,10,13,15,17,22,29,31,33,35-36H,6-9,28H2,1-2H3;1H3;1H;/t13-,14-,18-,20-,25+,30-;10-,13-,15-,17-,22+,27-;;;/m00.../s1. The van der Waals surface area contributed by atoms with Crippen molar-refractivity contribution in [2.75, 3.05) is 32.4 Å². The zero-order valence-corrected chi connectivity index (χ0v) is 51.7. The van der Waals surface area contributed by atoms with E-state index in [0.29, 0.717) is 0 Å². The monoisotopic (exact) mass is 1370 g/mol. The molecule has 0 radical (unpaired) electrons. The van der Waals surface area contributed by atoms with E-state index in [-0.39, 0.29) is 93.5 Å². The van der Waals surface area contributed by atoms with Crippen LogP contribution in [0.5, 0.6) is 34.5 Å². The molecule has 12 atom stereocenters. The normalized spacial score (nSPS) is 27.6. The molecular weight excluding hydrogens is 1310 g/mol. The minimum absolute atomic E-state index is 0. The first-order valence-corrected chi connectivity index (χ1v) is 30.0. The second-order valence-corrected chi connectivity index (χ2v) is 21.3. The third kappa shape index (κ3) is 12.4. The van der Waals surface area contributed by atoms with Crippen LogP contribution in [0.3, 0.4) is 0 Å². The molecular formula is C58H65ClINO23S2. The predicted molar refractivity (Wildman–Crippen MR) is 316 cm³/mol. The number of aliphatic hydroxyl groups is 6. The summed E-state index contributed by atoms with van der Waals surface area (Å²) < 4.78 is 34.2. The number of aliphatic hydroxyl groups excluding tert-OH is 4. The Morgan fingerprint density at radius 2 is 1.00 bits per heavy atom. The van der Waals surface area contributed by atoms with Gasteiger partial charge in [-0.3, -0.25) is 28.8 Å². The van der Waals surface area contributed by atoms with Crippen LogP contribution in [0.4, 0.5) is 0 Å². The van der Waals surface area contributed by atoms with Gasteiger partial charge in [-0.1, -0.05) is 46.9 Å². The van der Waals surface area contributed by atoms with Gasteiger partial charge in [0.2, 0.25) is 11.6 Å². The SMILES string of the molecule is CI.COc1cccc2c1C(=O)c1c(O)c3c(c(O)c1C2=O)C[C@@](O)(C(=O)CO)C[C@@H]3O[C@H]1C[C@H](CC(C)=O)[C@H](O)[C@H](C)O1.COc1cccc2c1C(=O)c1c(O)c3c(c(O)c1C2=O)C[C@@](O)(C(=O)CO)C[C@@H]3O[C@H]1C[C@H](N)[C@H](O)[C@H](C)O1.Cl.S=S. The molecule has 10 rings (SSSR count). The van der Waals surface area contributed by atoms with Crippen molar-refractivity contribution in [3.8, 4) is 34.5 Å². The number of halogens is 2. The van der Waals surface area contributed by atoms with E-state index in [1.165, 1.54) is 57.5 Å². The third-order valence-corrected chi connectivity index (χ3v) is 16.2. The smallest absolute Gasteiger partial charge is 0.202 e. The molecule has 466 valence electrons. The predicted octanol–water partition coefficient (Wildman–Crippen LogP) is 2.74. The van der Waals surface area contributed by atoms with E-state index in [0.717, 1.165) is 0 Å². The Hall–Kier alpha value is -5.61. The molecule has 4 aromatic rings. The molecule has 12 N–H and O–H groups in total. The maximum absolute atomic E-state index is 13.7. The van der Waals surface area contributed by atoms with Gasteiger partial charge < -0.3 is 90.0 Å². The summed E-state index contributed by atoms with van der Waals surface area (Å²) in [6, 6.07) is 7.98. The number of ether oxygens (including phenoxy) is 6. The summed E-state index contributed by atoms with van der Waals surface area (Å²) in [5.74, 6) is -8.34. The number of phenolic OH excluding ortho intramolecular Hbond substituents is 4. The van der Waals surface area contributed by atoms with Crippen molar-refractivity contribution in [2.24, 2.45) is 11.7 Å². The average molecular weight is 1370 g/mol. The van der Waals surface area contributed by atoms with E-state index in [9.17, 15) is 84.6 Å². The number of alkyl halides is 1. The molecule has 0 unspecified atom stereocenters. The van der Waals surface area contributed by atoms with Crippen LogP contribution in [0.25, 0.3) is 0 Å². The summed E-state index contributed by atoms with van der Waals surface area (Å²) in [5.41, 5.74) is -1.38. The molecule has 2 heterocycles. The minimum Gasteiger partial charge on any atom is -0.507 e. The van der Waals surface area contributed by atoms with E-state index < -0.39 is 191 Å². The highest BCUT2D eigenvalue weighted by molar-refractivity contribution is 14.1. The fourth-order valence-corrected chi connectivity index (χ4v) is 12.1. The lowest BCUT2D eigenvalue weighted by Crippen LogP contribution is -2.53. The van der Waals surface area contributed by atoms with Crippen LogP contribution in [0, 0.1) is 5.92 Å². The summed E-state index contributed by atoms with van der Waals surface area (Å²) in [7, 11) is 2.64. The molecule has 2 aliphatic heterocycles. The van der Waals surface area contributed by atoms with Crippen molar-refractivity contribution in [2.45, 2.75) is 132 Å². The number of benzene rings is 4. The molecule has 0 bridgehead atoms. The van der Waals surface area contributed by atoms with Crippen molar-refractivity contribution in [3.63, 3.8) is 0 Å². The summed E-state index contributed by atoms with van der Waals surface area (Å²) >= 11 is 9.48. The Labute approximate surface area is 521 Å². The number of methoxy groups -OCH3 is 2. The molecule has 6 aliphatic rings. The number of rotatable bonds is 12. The number of carbonyl (C=O) groups is 7. The van der Waals surface area contributed by atoms with Crippen molar-refractivity contribution < 1.29 is 113 Å². The highest BCUT2D eigenvalue weighted by Gasteiger charge is 2.53. The average Bonchev–Trinajstić information content (AvgIpc) is 0.740. The Morgan fingerprint density at radius 3 is 1.36 bits per heavy atom. The van der Waals surface area contributed by atoms with Gasteiger partial charge in [-0.15, -0.1) is 12.4 Å². The first-order chi connectivity index (χ1) is 40.2.